The summed E-state index contributed by atoms with van der Waals surface area (Å²) in [6.07, 6.45) is -0.866. The Balaban J connectivity index is -0.000000276. The van der Waals surface area contributed by atoms with Gasteiger partial charge in [-0.05, 0) is 48.5 Å². The fraction of sp³-hybridized carbons (Fsp3) is 0.714. The van der Waals surface area contributed by atoms with Crippen LogP contribution in [0.1, 0.15) is 48.5 Å². The van der Waals surface area contributed by atoms with E-state index in [9.17, 15) is 9.59 Å². The topological polar surface area (TPSA) is 118 Å². The van der Waals surface area contributed by atoms with Crippen LogP contribution in [0.15, 0.2) is 10.3 Å². The number of oxime groups is 2. The third-order valence-electron chi connectivity index (χ3n) is 1.55. The maximum Gasteiger partial charge on any atom is 0.347 e. The summed E-state index contributed by atoms with van der Waals surface area (Å²) in [5.41, 5.74) is 1.39. The molecular formula is C14H27BrN2O6. The van der Waals surface area contributed by atoms with Crippen LogP contribution in [0.3, 0.4) is 0 Å². The summed E-state index contributed by atoms with van der Waals surface area (Å²) in [6.45, 7) is 12.3. The second-order valence-electron chi connectivity index (χ2n) is 4.54. The molecule has 0 spiro atoms. The number of carboxylic acids is 1. The molecule has 2 atom stereocenters. The van der Waals surface area contributed by atoms with Crippen LogP contribution < -0.4 is 0 Å². The lowest BCUT2D eigenvalue weighted by Gasteiger charge is -2.02. The molecule has 0 bridgehead atoms. The van der Waals surface area contributed by atoms with Crippen LogP contribution in [0.5, 0.6) is 0 Å². The summed E-state index contributed by atoms with van der Waals surface area (Å²) in [4.78, 5) is 25.0. The zero-order valence-electron chi connectivity index (χ0n) is 14.7. The van der Waals surface area contributed by atoms with Crippen LogP contribution in [-0.4, -0.2) is 51.2 Å². The number of ether oxygens (including phenoxy) is 1. The number of halogens is 1. The Morgan fingerprint density at radius 2 is 1.57 bits per heavy atom. The molecule has 0 aromatic heterocycles. The van der Waals surface area contributed by atoms with Crippen LogP contribution in [-0.2, 0) is 19.2 Å². The van der Waals surface area contributed by atoms with Crippen molar-refractivity contribution in [1.82, 2.24) is 0 Å². The number of hydrogen-bond acceptors (Lipinski definition) is 7. The molecule has 0 heterocycles. The fourth-order valence-electron chi connectivity index (χ4n) is 0.487. The maximum absolute atomic E-state index is 10.5. The van der Waals surface area contributed by atoms with Gasteiger partial charge in [-0.15, -0.1) is 0 Å². The van der Waals surface area contributed by atoms with Gasteiger partial charge in [-0.1, -0.05) is 26.2 Å². The first kappa shape index (κ1) is 26.3. The molecule has 0 aromatic carbocycles. The van der Waals surface area contributed by atoms with Crippen molar-refractivity contribution < 1.29 is 29.5 Å². The minimum Gasteiger partial charge on any atom is -0.478 e. The zero-order valence-corrected chi connectivity index (χ0v) is 16.2. The van der Waals surface area contributed by atoms with Gasteiger partial charge in [-0.25, -0.2) is 4.79 Å². The second-order valence-corrected chi connectivity index (χ2v) is 5.91. The Bertz CT molecular complexity index is 389. The third kappa shape index (κ3) is 25.6. The Hall–Kier alpha value is -1.64. The number of rotatable bonds is 5. The summed E-state index contributed by atoms with van der Waals surface area (Å²) in [5, 5.41) is 22.3. The molecule has 0 aliphatic heterocycles. The summed E-state index contributed by atoms with van der Waals surface area (Å²) in [6, 6.07) is 0. The Kier molecular flexibility index (Phi) is 19.1. The number of carbonyl (C=O) groups excluding carboxylic acids is 1. The molecule has 9 heteroatoms. The van der Waals surface area contributed by atoms with E-state index in [2.05, 4.69) is 35.8 Å². The summed E-state index contributed by atoms with van der Waals surface area (Å²) >= 11 is 3.07. The van der Waals surface area contributed by atoms with Crippen LogP contribution in [0, 0.1) is 0 Å². The quantitative estimate of drug-likeness (QED) is 0.241. The highest BCUT2D eigenvalue weighted by atomic mass is 79.9. The van der Waals surface area contributed by atoms with Crippen molar-refractivity contribution in [2.75, 3.05) is 6.61 Å². The average molecular weight is 399 g/mol. The Morgan fingerprint density at radius 1 is 1.13 bits per heavy atom. The highest BCUT2D eigenvalue weighted by Gasteiger charge is 2.10. The number of aliphatic carboxylic acids is 1. The monoisotopic (exact) mass is 398 g/mol. The molecule has 0 rings (SSSR count). The van der Waals surface area contributed by atoms with Gasteiger partial charge in [0.1, 0.15) is 4.83 Å². The summed E-state index contributed by atoms with van der Waals surface area (Å²) < 4.78 is 4.62. The number of carboxylic acid groups (broad SMARTS) is 1. The molecule has 8 nitrogen and oxygen atoms in total. The number of hydrogen-bond donors (Lipinski definition) is 2. The van der Waals surface area contributed by atoms with Gasteiger partial charge in [0.25, 0.3) is 0 Å². The number of nitrogens with zero attached hydrogens (tertiary/aromatic N) is 2. The molecule has 0 fully saturated rings. The molecule has 0 saturated carbocycles. The molecule has 136 valence electrons. The predicted molar refractivity (Wildman–Crippen MR) is 92.6 cm³/mol. The van der Waals surface area contributed by atoms with Crippen LogP contribution >= 0.6 is 15.9 Å². The van der Waals surface area contributed by atoms with Gasteiger partial charge in [0.15, 0.2) is 0 Å². The first-order valence-corrected chi connectivity index (χ1v) is 7.76. The first-order chi connectivity index (χ1) is 10.5. The van der Waals surface area contributed by atoms with Crippen molar-refractivity contribution >= 4 is 39.3 Å². The van der Waals surface area contributed by atoms with E-state index in [0.29, 0.717) is 18.0 Å². The molecular weight excluding hydrogens is 372 g/mol. The highest BCUT2D eigenvalue weighted by molar-refractivity contribution is 9.10. The van der Waals surface area contributed by atoms with Crippen LogP contribution in [0.2, 0.25) is 0 Å². The fourth-order valence-corrected chi connectivity index (χ4v) is 0.619. The lowest BCUT2D eigenvalue weighted by molar-refractivity contribution is -0.149. The van der Waals surface area contributed by atoms with E-state index in [0.717, 1.165) is 0 Å². The van der Waals surface area contributed by atoms with Crippen LogP contribution in [0.4, 0.5) is 0 Å². The molecule has 0 amide bonds. The molecule has 2 unspecified atom stereocenters. The largest absolute Gasteiger partial charge is 0.478 e. The Labute approximate surface area is 145 Å². The number of carbonyl (C=O) groups is 2. The molecule has 2 N–H and O–H groups in total. The predicted octanol–water partition coefficient (Wildman–Crippen LogP) is 3.06. The SMILES string of the molecule is CC(C)=NO.CC(C)=NOC(C)C(=O)O.CCOC(=O)C(C)Br. The van der Waals surface area contributed by atoms with Crippen molar-refractivity contribution in [3.8, 4) is 0 Å². The number of alkyl halides is 1. The van der Waals surface area contributed by atoms with E-state index in [-0.39, 0.29) is 10.8 Å². The van der Waals surface area contributed by atoms with Gasteiger partial charge < -0.3 is 19.9 Å². The molecule has 23 heavy (non-hydrogen) atoms. The number of esters is 1. The van der Waals surface area contributed by atoms with Crippen molar-refractivity contribution in [3.63, 3.8) is 0 Å². The van der Waals surface area contributed by atoms with E-state index in [1.165, 1.54) is 6.92 Å². The molecule has 0 radical (unpaired) electrons. The van der Waals surface area contributed by atoms with Gasteiger partial charge in [-0.3, -0.25) is 4.79 Å². The van der Waals surface area contributed by atoms with Gasteiger partial charge >= 0.3 is 11.9 Å². The van der Waals surface area contributed by atoms with E-state index in [4.69, 9.17) is 10.3 Å². The molecule has 0 aromatic rings. The highest BCUT2D eigenvalue weighted by Crippen LogP contribution is 1.98. The molecule has 0 saturated heterocycles. The standard InChI is InChI=1S/C6H11NO3.C5H9BrO2.C3H7NO/c1-4(2)7-10-5(3)6(8)9;1-3-8-5(7)4(2)6;1-3(2)4-5/h5H,1-3H3,(H,8,9);4H,3H2,1-2H3;5H,1-2H3. The average Bonchev–Trinajstić information content (AvgIpc) is 2.45. The van der Waals surface area contributed by atoms with Gasteiger partial charge in [-0.2, -0.15) is 0 Å². The minimum absolute atomic E-state index is 0.178. The smallest absolute Gasteiger partial charge is 0.347 e. The third-order valence-corrected chi connectivity index (χ3v) is 1.93. The normalized spacial score (nSPS) is 11.1. The van der Waals surface area contributed by atoms with Gasteiger partial charge in [0, 0.05) is 0 Å². The second kappa shape index (κ2) is 16.7. The van der Waals surface area contributed by atoms with E-state index in [1.54, 1.807) is 41.5 Å². The summed E-state index contributed by atoms with van der Waals surface area (Å²) in [7, 11) is 0. The van der Waals surface area contributed by atoms with E-state index < -0.39 is 12.1 Å². The van der Waals surface area contributed by atoms with Gasteiger partial charge in [0.2, 0.25) is 6.10 Å². The van der Waals surface area contributed by atoms with Crippen molar-refractivity contribution in [2.45, 2.75) is 59.4 Å². The first-order valence-electron chi connectivity index (χ1n) is 6.85. The Morgan fingerprint density at radius 3 is 1.74 bits per heavy atom. The molecule has 0 aliphatic carbocycles. The minimum atomic E-state index is -1.01. The van der Waals surface area contributed by atoms with Crippen molar-refractivity contribution in [2.24, 2.45) is 10.3 Å². The van der Waals surface area contributed by atoms with E-state index in [1.807, 2.05) is 0 Å². The van der Waals surface area contributed by atoms with Gasteiger partial charge in [0.05, 0.1) is 18.0 Å². The zero-order chi connectivity index (χ0) is 19.0. The van der Waals surface area contributed by atoms with Crippen molar-refractivity contribution in [1.29, 1.82) is 0 Å². The summed E-state index contributed by atoms with van der Waals surface area (Å²) in [5.74, 6) is -1.21. The maximum atomic E-state index is 10.5. The van der Waals surface area contributed by atoms with Crippen molar-refractivity contribution in [3.05, 3.63) is 0 Å². The van der Waals surface area contributed by atoms with E-state index >= 15 is 0 Å². The lowest BCUT2D eigenvalue weighted by Crippen LogP contribution is -2.17. The van der Waals surface area contributed by atoms with Crippen LogP contribution in [0.25, 0.3) is 0 Å². The lowest BCUT2D eigenvalue weighted by atomic mass is 10.4. The molecule has 0 aliphatic rings.